The van der Waals surface area contributed by atoms with Gasteiger partial charge in [-0.15, -0.1) is 11.8 Å². The second-order valence-electron chi connectivity index (χ2n) is 2.44. The Morgan fingerprint density at radius 2 is 2.27 bits per heavy atom. The Bertz CT molecular complexity index is 175. The quantitative estimate of drug-likeness (QED) is 0.356. The Kier molecular flexibility index (Phi) is 4.70. The van der Waals surface area contributed by atoms with E-state index in [9.17, 15) is 9.46 Å². The SMILES string of the molecule is CC1(P(C)(=O)[O-])OCCS1.[Na+]. The molecule has 1 aliphatic heterocycles. The molecule has 1 rings (SSSR count). The first-order chi connectivity index (χ1) is 4.46. The molecule has 1 aliphatic rings. The van der Waals surface area contributed by atoms with Crippen molar-refractivity contribution in [2.24, 2.45) is 0 Å². The Balaban J connectivity index is 0.000001000. The minimum absolute atomic E-state index is 0. The molecule has 1 fully saturated rings. The molecule has 2 unspecified atom stereocenters. The Morgan fingerprint density at radius 1 is 1.73 bits per heavy atom. The molecule has 11 heavy (non-hydrogen) atoms. The number of ether oxygens (including phenoxy) is 1. The Labute approximate surface area is 93.0 Å². The van der Waals surface area contributed by atoms with Gasteiger partial charge in [-0.3, -0.25) is 0 Å². The largest absolute Gasteiger partial charge is 1.00 e. The van der Waals surface area contributed by atoms with E-state index in [1.807, 2.05) is 0 Å². The molecule has 0 aromatic carbocycles. The monoisotopic (exact) mass is 204 g/mol. The van der Waals surface area contributed by atoms with Crippen molar-refractivity contribution in [3.8, 4) is 0 Å². The van der Waals surface area contributed by atoms with Crippen molar-refractivity contribution in [2.75, 3.05) is 19.0 Å². The van der Waals surface area contributed by atoms with Gasteiger partial charge in [0, 0.05) is 5.75 Å². The van der Waals surface area contributed by atoms with Gasteiger partial charge in [0.05, 0.1) is 14.0 Å². The summed E-state index contributed by atoms with van der Waals surface area (Å²) in [5.41, 5.74) is 0. The molecule has 0 radical (unpaired) electrons. The zero-order chi connectivity index (χ0) is 7.83. The maximum absolute atomic E-state index is 11.0. The first-order valence-electron chi connectivity index (χ1n) is 3.02. The number of hydrogen-bond acceptors (Lipinski definition) is 4. The smallest absolute Gasteiger partial charge is 0.797 e. The minimum atomic E-state index is -3.33. The van der Waals surface area contributed by atoms with Crippen LogP contribution in [0.25, 0.3) is 0 Å². The summed E-state index contributed by atoms with van der Waals surface area (Å²) in [5, 5.41) is 0. The van der Waals surface area contributed by atoms with Gasteiger partial charge in [-0.25, -0.2) is 0 Å². The molecule has 0 spiro atoms. The van der Waals surface area contributed by atoms with Crippen molar-refractivity contribution in [2.45, 2.75) is 11.6 Å². The molecule has 0 N–H and O–H groups in total. The van der Waals surface area contributed by atoms with Crippen LogP contribution in [0.1, 0.15) is 6.92 Å². The molecule has 3 nitrogen and oxygen atoms in total. The summed E-state index contributed by atoms with van der Waals surface area (Å²) in [6.07, 6.45) is 0. The third kappa shape index (κ3) is 2.73. The normalized spacial score (nSPS) is 35.9. The minimum Gasteiger partial charge on any atom is -0.797 e. The van der Waals surface area contributed by atoms with Gasteiger partial charge in [0.25, 0.3) is 0 Å². The topological polar surface area (TPSA) is 49.4 Å². The molecule has 0 saturated carbocycles. The van der Waals surface area contributed by atoms with Gasteiger partial charge in [-0.05, 0) is 13.6 Å². The van der Waals surface area contributed by atoms with E-state index >= 15 is 0 Å². The predicted octanol–water partition coefficient (Wildman–Crippen LogP) is -2.30. The zero-order valence-corrected chi connectivity index (χ0v) is 10.7. The van der Waals surface area contributed by atoms with E-state index < -0.39 is 12.0 Å². The van der Waals surface area contributed by atoms with Crippen molar-refractivity contribution in [1.82, 2.24) is 0 Å². The van der Waals surface area contributed by atoms with E-state index in [0.717, 1.165) is 5.75 Å². The first-order valence-corrected chi connectivity index (χ1v) is 6.08. The average molecular weight is 204 g/mol. The van der Waals surface area contributed by atoms with Gasteiger partial charge in [-0.1, -0.05) is 0 Å². The molecule has 0 aromatic rings. The van der Waals surface area contributed by atoms with Crippen LogP contribution in [0.2, 0.25) is 0 Å². The zero-order valence-electron chi connectivity index (χ0n) is 6.99. The van der Waals surface area contributed by atoms with E-state index in [4.69, 9.17) is 4.74 Å². The summed E-state index contributed by atoms with van der Waals surface area (Å²) >= 11 is 1.35. The molecule has 2 atom stereocenters. The molecule has 0 bridgehead atoms. The van der Waals surface area contributed by atoms with Gasteiger partial charge in [0.2, 0.25) is 0 Å². The fourth-order valence-corrected chi connectivity index (χ4v) is 2.99. The van der Waals surface area contributed by atoms with Crippen molar-refractivity contribution in [1.29, 1.82) is 0 Å². The summed E-state index contributed by atoms with van der Waals surface area (Å²) < 4.78 is 15.2. The second kappa shape index (κ2) is 4.14. The standard InChI is InChI=1S/C5H11O3PS.Na/c1-5(9(2,6)7)8-3-4-10-5;/h3-4H2,1-2H3,(H,6,7);/q;+1/p-1. The summed E-state index contributed by atoms with van der Waals surface area (Å²) in [6.45, 7) is 3.38. The predicted molar refractivity (Wildman–Crippen MR) is 40.3 cm³/mol. The van der Waals surface area contributed by atoms with E-state index in [1.165, 1.54) is 18.4 Å². The second-order valence-corrected chi connectivity index (χ2v) is 6.76. The van der Waals surface area contributed by atoms with Crippen LogP contribution < -0.4 is 34.5 Å². The van der Waals surface area contributed by atoms with E-state index in [0.29, 0.717) is 6.61 Å². The number of thioether (sulfide) groups is 1. The van der Waals surface area contributed by atoms with Crippen molar-refractivity contribution < 1.29 is 43.8 Å². The molecular formula is C5H10NaO3PS. The van der Waals surface area contributed by atoms with Gasteiger partial charge < -0.3 is 14.2 Å². The summed E-state index contributed by atoms with van der Waals surface area (Å²) in [7, 11) is -3.33. The van der Waals surface area contributed by atoms with Gasteiger partial charge in [0.1, 0.15) is 0 Å². The van der Waals surface area contributed by atoms with Crippen LogP contribution in [0, 0.1) is 0 Å². The third-order valence-corrected chi connectivity index (χ3v) is 5.57. The van der Waals surface area contributed by atoms with E-state index in [2.05, 4.69) is 0 Å². The molecular weight excluding hydrogens is 194 g/mol. The third-order valence-electron chi connectivity index (χ3n) is 1.56. The van der Waals surface area contributed by atoms with Crippen LogP contribution in [0.15, 0.2) is 0 Å². The molecule has 1 heterocycles. The van der Waals surface area contributed by atoms with Gasteiger partial charge in [-0.2, -0.15) is 0 Å². The van der Waals surface area contributed by atoms with Gasteiger partial charge in [0.15, 0.2) is 4.67 Å². The van der Waals surface area contributed by atoms with Crippen molar-refractivity contribution in [3.05, 3.63) is 0 Å². The van der Waals surface area contributed by atoms with Crippen LogP contribution in [-0.4, -0.2) is 23.7 Å². The van der Waals surface area contributed by atoms with Crippen LogP contribution >= 0.6 is 19.1 Å². The number of rotatable bonds is 1. The summed E-state index contributed by atoms with van der Waals surface area (Å²) in [5.74, 6) is 0.774. The number of hydrogen-bond donors (Lipinski definition) is 0. The fraction of sp³-hybridized carbons (Fsp3) is 1.00. The van der Waals surface area contributed by atoms with E-state index in [-0.39, 0.29) is 29.6 Å². The molecule has 0 amide bonds. The van der Waals surface area contributed by atoms with Crippen molar-refractivity contribution in [3.63, 3.8) is 0 Å². The average Bonchev–Trinajstić information content (AvgIpc) is 2.13. The molecule has 0 aromatic heterocycles. The summed E-state index contributed by atoms with van der Waals surface area (Å²) in [4.78, 5) is 11.0. The van der Waals surface area contributed by atoms with E-state index in [1.54, 1.807) is 6.92 Å². The molecule has 1 saturated heterocycles. The van der Waals surface area contributed by atoms with Gasteiger partial charge >= 0.3 is 29.6 Å². The first kappa shape index (κ1) is 12.5. The fourth-order valence-electron chi connectivity index (χ4n) is 0.738. The molecule has 6 heteroatoms. The maximum Gasteiger partial charge on any atom is 1.00 e. The molecule has 60 valence electrons. The molecule has 0 aliphatic carbocycles. The van der Waals surface area contributed by atoms with Crippen LogP contribution in [0.3, 0.4) is 0 Å². The van der Waals surface area contributed by atoms with Crippen molar-refractivity contribution >= 4 is 19.1 Å². The van der Waals surface area contributed by atoms with Crippen LogP contribution in [-0.2, 0) is 9.30 Å². The Hall–Kier alpha value is 1.50. The van der Waals surface area contributed by atoms with Crippen LogP contribution in [0.5, 0.6) is 0 Å². The Morgan fingerprint density at radius 3 is 2.45 bits per heavy atom. The maximum atomic E-state index is 11.0. The summed E-state index contributed by atoms with van der Waals surface area (Å²) in [6, 6.07) is 0. The van der Waals surface area contributed by atoms with Crippen LogP contribution in [0.4, 0.5) is 0 Å².